The molecule has 38 heavy (non-hydrogen) atoms. The normalized spacial score (nSPS) is 16.1. The van der Waals surface area contributed by atoms with Gasteiger partial charge >= 0.3 is 0 Å². The molecule has 0 bridgehead atoms. The van der Waals surface area contributed by atoms with E-state index in [9.17, 15) is 13.2 Å². The third-order valence-corrected chi connectivity index (χ3v) is 9.08. The van der Waals surface area contributed by atoms with E-state index in [1.807, 2.05) is 24.3 Å². The number of carbonyl (C=O) groups is 1. The van der Waals surface area contributed by atoms with Crippen molar-refractivity contribution in [3.8, 4) is 17.2 Å². The first-order chi connectivity index (χ1) is 18.2. The maximum absolute atomic E-state index is 13.3. The first-order valence-corrected chi connectivity index (χ1v) is 14.0. The summed E-state index contributed by atoms with van der Waals surface area (Å²) >= 11 is 0. The van der Waals surface area contributed by atoms with Gasteiger partial charge in [-0.25, -0.2) is 8.42 Å². The van der Waals surface area contributed by atoms with E-state index in [1.165, 1.54) is 37.7 Å². The number of fused-ring (bicyclic) bond motifs is 1. The van der Waals surface area contributed by atoms with E-state index in [-0.39, 0.29) is 22.4 Å². The molecule has 0 spiro atoms. The highest BCUT2D eigenvalue weighted by Crippen LogP contribution is 2.42. The van der Waals surface area contributed by atoms with E-state index < -0.39 is 10.0 Å². The lowest BCUT2D eigenvalue weighted by Crippen LogP contribution is -2.44. The lowest BCUT2D eigenvalue weighted by atomic mass is 9.83. The van der Waals surface area contributed by atoms with Crippen molar-refractivity contribution in [3.63, 3.8) is 0 Å². The van der Waals surface area contributed by atoms with Gasteiger partial charge in [0.15, 0.2) is 11.5 Å². The monoisotopic (exact) mass is 538 g/mol. The van der Waals surface area contributed by atoms with Crippen LogP contribution in [0.3, 0.4) is 0 Å². The second kappa shape index (κ2) is 10.9. The molecule has 1 unspecified atom stereocenters. The zero-order valence-electron chi connectivity index (χ0n) is 22.4. The molecule has 0 fully saturated rings. The maximum Gasteiger partial charge on any atom is 0.264 e. The molecule has 1 N–H and O–H groups in total. The van der Waals surface area contributed by atoms with E-state index in [4.69, 9.17) is 14.2 Å². The summed E-state index contributed by atoms with van der Waals surface area (Å²) in [5.41, 5.74) is 1.48. The zero-order chi connectivity index (χ0) is 27.5. The van der Waals surface area contributed by atoms with E-state index in [2.05, 4.69) is 19.2 Å². The second-order valence-electron chi connectivity index (χ2n) is 9.30. The minimum absolute atomic E-state index is 0.0629. The molecule has 202 valence electrons. The number of nitrogens with zero attached hydrogens (tertiary/aromatic N) is 1. The molecule has 1 heterocycles. The molecule has 8 nitrogen and oxygen atoms in total. The quantitative estimate of drug-likeness (QED) is 0.395. The molecule has 0 radical (unpaired) electrons. The number of hydrogen-bond acceptors (Lipinski definition) is 6. The lowest BCUT2D eigenvalue weighted by molar-refractivity contribution is 0.0227. The highest BCUT2D eigenvalue weighted by atomic mass is 32.2. The average molecular weight is 539 g/mol. The van der Waals surface area contributed by atoms with Crippen molar-refractivity contribution in [1.29, 1.82) is 0 Å². The molecule has 3 aromatic carbocycles. The van der Waals surface area contributed by atoms with Gasteiger partial charge in [0.25, 0.3) is 15.9 Å². The Hall–Kier alpha value is -3.72. The number of hydrogen-bond donors (Lipinski definition) is 1. The largest absolute Gasteiger partial charge is 0.493 e. The van der Waals surface area contributed by atoms with Gasteiger partial charge in [0.1, 0.15) is 11.4 Å². The Balaban J connectivity index is 1.53. The zero-order valence-corrected chi connectivity index (χ0v) is 23.2. The second-order valence-corrected chi connectivity index (χ2v) is 11.3. The Morgan fingerprint density at radius 1 is 1.00 bits per heavy atom. The van der Waals surface area contributed by atoms with Crippen LogP contribution in [-0.4, -0.2) is 41.2 Å². The van der Waals surface area contributed by atoms with E-state index >= 15 is 0 Å². The fourth-order valence-electron chi connectivity index (χ4n) is 4.77. The van der Waals surface area contributed by atoms with Crippen molar-refractivity contribution in [2.45, 2.75) is 49.6 Å². The smallest absolute Gasteiger partial charge is 0.264 e. The van der Waals surface area contributed by atoms with Crippen molar-refractivity contribution < 1.29 is 27.4 Å². The van der Waals surface area contributed by atoms with Crippen molar-refractivity contribution in [2.24, 2.45) is 0 Å². The lowest BCUT2D eigenvalue weighted by Gasteiger charge is -2.41. The third-order valence-electron chi connectivity index (χ3n) is 7.30. The van der Waals surface area contributed by atoms with Gasteiger partial charge in [0.05, 0.1) is 30.8 Å². The third kappa shape index (κ3) is 5.15. The number of amides is 1. The van der Waals surface area contributed by atoms with Gasteiger partial charge < -0.3 is 19.5 Å². The summed E-state index contributed by atoms with van der Waals surface area (Å²) in [5.74, 6) is 1.32. The van der Waals surface area contributed by atoms with Crippen LogP contribution in [0.2, 0.25) is 0 Å². The molecule has 1 atom stereocenters. The minimum atomic E-state index is -3.87. The Bertz CT molecular complexity index is 1400. The van der Waals surface area contributed by atoms with Gasteiger partial charge in [-0.1, -0.05) is 32.0 Å². The number of methoxy groups -OCH3 is 2. The van der Waals surface area contributed by atoms with Crippen molar-refractivity contribution in [2.75, 3.05) is 25.6 Å². The number of sulfonamides is 1. The highest BCUT2D eigenvalue weighted by Gasteiger charge is 2.39. The molecule has 1 amide bonds. The van der Waals surface area contributed by atoms with Crippen LogP contribution < -0.4 is 23.8 Å². The van der Waals surface area contributed by atoms with E-state index in [1.54, 1.807) is 30.3 Å². The van der Waals surface area contributed by atoms with Gasteiger partial charge in [-0.05, 0) is 55.3 Å². The fraction of sp³-hybridized carbons (Fsp3) is 0.345. The average Bonchev–Trinajstić information content (AvgIpc) is 2.96. The molecule has 1 aliphatic rings. The summed E-state index contributed by atoms with van der Waals surface area (Å²) in [5, 5.41) is 3.17. The fourth-order valence-corrected chi connectivity index (χ4v) is 5.98. The van der Waals surface area contributed by atoms with Crippen molar-refractivity contribution in [3.05, 3.63) is 77.9 Å². The molecule has 1 aliphatic heterocycles. The van der Waals surface area contributed by atoms with Crippen molar-refractivity contribution >= 4 is 21.6 Å². The summed E-state index contributed by atoms with van der Waals surface area (Å²) < 4.78 is 44.5. The molecule has 0 saturated heterocycles. The van der Waals surface area contributed by atoms with Gasteiger partial charge in [-0.15, -0.1) is 0 Å². The number of rotatable bonds is 9. The van der Waals surface area contributed by atoms with Crippen LogP contribution in [0.4, 0.5) is 5.69 Å². The van der Waals surface area contributed by atoms with Gasteiger partial charge in [0.2, 0.25) is 0 Å². The minimum Gasteiger partial charge on any atom is -0.493 e. The SMILES string of the molecule is CCC1(CC)CC(NC(=O)c2ccc(N(C)S(=O)(=O)c3ccc(OC)c(OC)c3)cc2)c2ccccc2O1. The van der Waals surface area contributed by atoms with Crippen LogP contribution in [-0.2, 0) is 10.0 Å². The Labute approximate surface area is 224 Å². The van der Waals surface area contributed by atoms with E-state index in [0.29, 0.717) is 29.2 Å². The van der Waals surface area contributed by atoms with Crippen LogP contribution in [0, 0.1) is 0 Å². The highest BCUT2D eigenvalue weighted by molar-refractivity contribution is 7.92. The number of anilines is 1. The number of carbonyl (C=O) groups excluding carboxylic acids is 1. The first-order valence-electron chi connectivity index (χ1n) is 12.6. The molecular weight excluding hydrogens is 504 g/mol. The Morgan fingerprint density at radius 2 is 1.66 bits per heavy atom. The molecule has 9 heteroatoms. The number of ether oxygens (including phenoxy) is 3. The predicted octanol–water partition coefficient (Wildman–Crippen LogP) is 5.34. The number of nitrogens with one attached hydrogen (secondary N) is 1. The van der Waals surface area contributed by atoms with Gasteiger partial charge in [-0.3, -0.25) is 9.10 Å². The number of benzene rings is 3. The van der Waals surface area contributed by atoms with Gasteiger partial charge in [-0.2, -0.15) is 0 Å². The summed E-state index contributed by atoms with van der Waals surface area (Å²) in [6, 6.07) is 18.5. The van der Waals surface area contributed by atoms with Crippen LogP contribution in [0.15, 0.2) is 71.6 Å². The summed E-state index contributed by atoms with van der Waals surface area (Å²) in [6.45, 7) is 4.20. The standard InChI is InChI=1S/C29H34N2O6S/c1-6-29(7-2)19-24(23-10-8-9-11-25(23)37-29)30-28(32)20-12-14-21(15-13-20)31(3)38(33,34)22-16-17-26(35-4)27(18-22)36-5/h8-18,24H,6-7,19H2,1-5H3,(H,30,32). The van der Waals surface area contributed by atoms with Crippen LogP contribution in [0.1, 0.15) is 55.1 Å². The van der Waals surface area contributed by atoms with Crippen molar-refractivity contribution in [1.82, 2.24) is 5.32 Å². The van der Waals surface area contributed by atoms with Crippen LogP contribution in [0.5, 0.6) is 17.2 Å². The summed E-state index contributed by atoms with van der Waals surface area (Å²) in [6.07, 6.45) is 2.34. The molecule has 4 rings (SSSR count). The Morgan fingerprint density at radius 3 is 2.29 bits per heavy atom. The molecule has 0 saturated carbocycles. The van der Waals surface area contributed by atoms with E-state index in [0.717, 1.165) is 24.2 Å². The number of para-hydroxylation sites is 1. The predicted molar refractivity (Wildman–Crippen MR) is 147 cm³/mol. The summed E-state index contributed by atoms with van der Waals surface area (Å²) in [7, 11) is 0.529. The molecule has 0 aromatic heterocycles. The maximum atomic E-state index is 13.3. The van der Waals surface area contributed by atoms with Crippen LogP contribution >= 0.6 is 0 Å². The molecular formula is C29H34N2O6S. The summed E-state index contributed by atoms with van der Waals surface area (Å²) in [4.78, 5) is 13.3. The van der Waals surface area contributed by atoms with Gasteiger partial charge in [0, 0.05) is 30.7 Å². The Kier molecular flexibility index (Phi) is 7.87. The first kappa shape index (κ1) is 27.3. The topological polar surface area (TPSA) is 94.2 Å². The van der Waals surface area contributed by atoms with Crippen LogP contribution in [0.25, 0.3) is 0 Å². The molecule has 0 aliphatic carbocycles. The molecule has 3 aromatic rings.